The second-order valence-electron chi connectivity index (χ2n) is 14.9. The predicted octanol–water partition coefficient (Wildman–Crippen LogP) is 4.55. The van der Waals surface area contributed by atoms with Gasteiger partial charge in [0.15, 0.2) is 11.6 Å². The summed E-state index contributed by atoms with van der Waals surface area (Å²) in [5, 5.41) is 30.1. The fourth-order valence-corrected chi connectivity index (χ4v) is 9.54. The van der Waals surface area contributed by atoms with Crippen molar-refractivity contribution in [2.45, 2.75) is 125 Å². The normalized spacial score (nSPS) is 40.7. The van der Waals surface area contributed by atoms with Crippen molar-refractivity contribution in [3.8, 4) is 0 Å². The third-order valence-electron chi connectivity index (χ3n) is 12.2. The summed E-state index contributed by atoms with van der Waals surface area (Å²) in [6.45, 7) is 15.2. The van der Waals surface area contributed by atoms with E-state index in [0.717, 1.165) is 24.0 Å². The molecule has 9 atom stereocenters. The van der Waals surface area contributed by atoms with Crippen LogP contribution in [0.2, 0.25) is 0 Å². The van der Waals surface area contributed by atoms with Crippen LogP contribution in [0.1, 0.15) is 107 Å². The molecule has 7 nitrogen and oxygen atoms in total. The minimum Gasteiger partial charge on any atom is -0.462 e. The van der Waals surface area contributed by atoms with Crippen LogP contribution in [-0.2, 0) is 19.1 Å². The maximum Gasteiger partial charge on any atom is 0.302 e. The van der Waals surface area contributed by atoms with E-state index in [4.69, 9.17) is 4.74 Å². The largest absolute Gasteiger partial charge is 0.462 e. The summed E-state index contributed by atoms with van der Waals surface area (Å²) in [6.07, 6.45) is 3.60. The molecule has 0 aromatic carbocycles. The van der Waals surface area contributed by atoms with Crippen molar-refractivity contribution < 1.29 is 34.4 Å². The monoisotopic (exact) mass is 546 g/mol. The molecule has 0 aromatic rings. The number of aliphatic hydroxyl groups is 3. The predicted molar refractivity (Wildman–Crippen MR) is 147 cm³/mol. The van der Waals surface area contributed by atoms with Crippen molar-refractivity contribution in [2.75, 3.05) is 6.61 Å². The third kappa shape index (κ3) is 4.46. The van der Waals surface area contributed by atoms with Crippen LogP contribution < -0.4 is 0 Å². The first-order valence-electron chi connectivity index (χ1n) is 14.9. The number of aliphatic hydroxyl groups excluding tert-OH is 2. The molecule has 7 heteroatoms. The van der Waals surface area contributed by atoms with E-state index in [1.54, 1.807) is 0 Å². The molecule has 0 heterocycles. The second kappa shape index (κ2) is 9.77. The molecule has 4 rings (SSSR count). The number of hydrogen-bond donors (Lipinski definition) is 3. The average Bonchev–Trinajstić information content (AvgIpc) is 3.11. The Morgan fingerprint density at radius 2 is 1.69 bits per heavy atom. The van der Waals surface area contributed by atoms with Crippen LogP contribution >= 0.6 is 0 Å². The Bertz CT molecular complexity index is 1070. The number of ether oxygens (including phenoxy) is 1. The summed E-state index contributed by atoms with van der Waals surface area (Å²) in [5.74, 6) is 0.151. The quantitative estimate of drug-likeness (QED) is 0.401. The molecule has 0 amide bonds. The van der Waals surface area contributed by atoms with E-state index in [0.29, 0.717) is 38.5 Å². The highest BCUT2D eigenvalue weighted by Gasteiger charge is 2.67. The summed E-state index contributed by atoms with van der Waals surface area (Å²) in [4.78, 5) is 40.1. The number of hydrogen-bond acceptors (Lipinski definition) is 7. The van der Waals surface area contributed by atoms with Gasteiger partial charge >= 0.3 is 5.97 Å². The third-order valence-corrected chi connectivity index (χ3v) is 12.2. The lowest BCUT2D eigenvalue weighted by atomic mass is 9.42. The number of carbonyl (C=O) groups is 3. The van der Waals surface area contributed by atoms with Crippen LogP contribution in [0, 0.1) is 39.4 Å². The SMILES string of the molecule is CC(=O)OC1CCC2(C)C3=C(C(=O)CC2C1(C)C)C1(C)CCC(C(C)CCC(O)C(C)(O)CO)C1(C)CC3=O. The molecular weight excluding hydrogens is 496 g/mol. The van der Waals surface area contributed by atoms with E-state index in [1.165, 1.54) is 13.8 Å². The van der Waals surface area contributed by atoms with E-state index in [1.807, 2.05) is 0 Å². The molecule has 0 bridgehead atoms. The zero-order valence-corrected chi connectivity index (χ0v) is 25.2. The molecular formula is C32H50O7. The Kier molecular flexibility index (Phi) is 7.61. The Balaban J connectivity index is 1.68. The first kappa shape index (κ1) is 30.4. The lowest BCUT2D eigenvalue weighted by Gasteiger charge is -2.60. The van der Waals surface area contributed by atoms with Crippen molar-refractivity contribution in [1.29, 1.82) is 0 Å². The topological polar surface area (TPSA) is 121 Å². The van der Waals surface area contributed by atoms with Gasteiger partial charge in [0.05, 0.1) is 12.7 Å². The molecule has 2 fully saturated rings. The summed E-state index contributed by atoms with van der Waals surface area (Å²) in [7, 11) is 0. The molecule has 220 valence electrons. The van der Waals surface area contributed by atoms with Crippen LogP contribution in [0.3, 0.4) is 0 Å². The summed E-state index contributed by atoms with van der Waals surface area (Å²) in [6, 6.07) is 0. The lowest BCUT2D eigenvalue weighted by molar-refractivity contribution is -0.169. The number of rotatable bonds is 7. The number of ketones is 2. The molecule has 0 aromatic heterocycles. The minimum absolute atomic E-state index is 0.0773. The maximum atomic E-state index is 14.2. The zero-order chi connectivity index (χ0) is 29.3. The molecule has 0 saturated heterocycles. The van der Waals surface area contributed by atoms with E-state index in [9.17, 15) is 29.7 Å². The average molecular weight is 547 g/mol. The number of carbonyl (C=O) groups excluding carboxylic acids is 3. The second-order valence-corrected chi connectivity index (χ2v) is 14.9. The summed E-state index contributed by atoms with van der Waals surface area (Å²) in [5.41, 5.74) is -1.69. The Hall–Kier alpha value is -1.57. The number of Topliss-reactive ketones (excluding diaryl/α,β-unsaturated/α-hetero) is 2. The fourth-order valence-electron chi connectivity index (χ4n) is 9.54. The van der Waals surface area contributed by atoms with Crippen LogP contribution in [0.25, 0.3) is 0 Å². The van der Waals surface area contributed by atoms with E-state index in [2.05, 4.69) is 41.5 Å². The van der Waals surface area contributed by atoms with Crippen LogP contribution in [0.15, 0.2) is 11.1 Å². The van der Waals surface area contributed by atoms with Crippen LogP contribution in [-0.4, -0.2) is 57.3 Å². The molecule has 4 aliphatic carbocycles. The van der Waals surface area contributed by atoms with E-state index in [-0.39, 0.29) is 46.8 Å². The van der Waals surface area contributed by atoms with Gasteiger partial charge in [-0.05, 0) is 68.6 Å². The van der Waals surface area contributed by atoms with Crippen LogP contribution in [0.4, 0.5) is 0 Å². The highest BCUT2D eigenvalue weighted by molar-refractivity contribution is 6.11. The highest BCUT2D eigenvalue weighted by Crippen LogP contribution is 2.71. The first-order valence-corrected chi connectivity index (χ1v) is 14.9. The standard InChI is InChI=1S/C32H50O7/c1-18(9-10-24(37)32(8,38)17-33)20-11-14-30(6)27-21(35)15-23-28(3,4)25(39-19(2)34)12-13-29(23,5)26(27)22(36)16-31(20,30)7/h18,20,23-25,33,37-38H,9-17H2,1-8H3. The summed E-state index contributed by atoms with van der Waals surface area (Å²) < 4.78 is 5.71. The van der Waals surface area contributed by atoms with Gasteiger partial charge in [-0.2, -0.15) is 0 Å². The van der Waals surface area contributed by atoms with E-state index >= 15 is 0 Å². The van der Waals surface area contributed by atoms with Gasteiger partial charge in [-0.15, -0.1) is 0 Å². The van der Waals surface area contributed by atoms with Gasteiger partial charge in [0.2, 0.25) is 0 Å². The van der Waals surface area contributed by atoms with E-state index < -0.39 is 34.6 Å². The van der Waals surface area contributed by atoms with Gasteiger partial charge in [-0.25, -0.2) is 0 Å². The zero-order valence-electron chi connectivity index (χ0n) is 25.2. The van der Waals surface area contributed by atoms with Gasteiger partial charge in [-0.3, -0.25) is 14.4 Å². The van der Waals surface area contributed by atoms with Gasteiger partial charge in [0.1, 0.15) is 11.7 Å². The van der Waals surface area contributed by atoms with Gasteiger partial charge < -0.3 is 20.1 Å². The molecule has 39 heavy (non-hydrogen) atoms. The maximum absolute atomic E-state index is 14.2. The highest BCUT2D eigenvalue weighted by atomic mass is 16.5. The van der Waals surface area contributed by atoms with Crippen LogP contribution in [0.5, 0.6) is 0 Å². The molecule has 4 aliphatic rings. The minimum atomic E-state index is -1.54. The molecule has 2 saturated carbocycles. The Morgan fingerprint density at radius 3 is 2.28 bits per heavy atom. The van der Waals surface area contributed by atoms with Crippen molar-refractivity contribution >= 4 is 17.5 Å². The van der Waals surface area contributed by atoms with Crippen molar-refractivity contribution in [2.24, 2.45) is 39.4 Å². The lowest BCUT2D eigenvalue weighted by Crippen LogP contribution is -2.59. The fraction of sp³-hybridized carbons (Fsp3) is 0.844. The first-order chi connectivity index (χ1) is 17.9. The van der Waals surface area contributed by atoms with Gasteiger partial charge in [0, 0.05) is 47.2 Å². The molecule has 0 radical (unpaired) electrons. The molecule has 3 N–H and O–H groups in total. The molecule has 0 spiro atoms. The van der Waals surface area contributed by atoms with Crippen molar-refractivity contribution in [3.63, 3.8) is 0 Å². The summed E-state index contributed by atoms with van der Waals surface area (Å²) >= 11 is 0. The smallest absolute Gasteiger partial charge is 0.302 e. The molecule has 0 aliphatic heterocycles. The van der Waals surface area contributed by atoms with Gasteiger partial charge in [-0.1, -0.05) is 41.5 Å². The molecule has 9 unspecified atom stereocenters. The number of esters is 1. The van der Waals surface area contributed by atoms with Crippen molar-refractivity contribution in [1.82, 2.24) is 0 Å². The Morgan fingerprint density at radius 1 is 1.05 bits per heavy atom. The van der Waals surface area contributed by atoms with Crippen molar-refractivity contribution in [3.05, 3.63) is 11.1 Å². The Labute approximate surface area is 233 Å². The number of allylic oxidation sites excluding steroid dienone is 2. The van der Waals surface area contributed by atoms with Gasteiger partial charge in [0.25, 0.3) is 0 Å². The number of fused-ring (bicyclic) bond motifs is 4.